The minimum atomic E-state index is -2.21. The van der Waals surface area contributed by atoms with E-state index < -0.39 is 42.4 Å². The molecule has 2 heterocycles. The Bertz CT molecular complexity index is 1440. The monoisotopic (exact) mass is 640 g/mol. The molecule has 8 nitrogen and oxygen atoms in total. The summed E-state index contributed by atoms with van der Waals surface area (Å²) in [5.74, 6) is -1.55. The molecule has 0 radical (unpaired) electrons. The van der Waals surface area contributed by atoms with Crippen LogP contribution in [0.5, 0.6) is 0 Å². The molecule has 248 valence electrons. The molecule has 0 unspecified atom stereocenters. The van der Waals surface area contributed by atoms with Gasteiger partial charge >= 0.3 is 11.9 Å². The lowest BCUT2D eigenvalue weighted by Gasteiger charge is -2.62. The van der Waals surface area contributed by atoms with Crippen molar-refractivity contribution in [2.45, 2.75) is 142 Å². The molecule has 2 aliphatic heterocycles. The molecule has 9 heteroatoms. The first-order chi connectivity index (χ1) is 20.7. The molecule has 11 atom stereocenters. The van der Waals surface area contributed by atoms with Gasteiger partial charge in [0.25, 0.3) is 0 Å². The highest BCUT2D eigenvalue weighted by Crippen LogP contribution is 2.74. The van der Waals surface area contributed by atoms with Gasteiger partial charge in [0.05, 0.1) is 17.6 Å². The molecule has 1 N–H and O–H groups in total. The van der Waals surface area contributed by atoms with E-state index in [1.54, 1.807) is 13.0 Å². The van der Waals surface area contributed by atoms with Crippen LogP contribution in [0.2, 0.25) is 18.1 Å². The molecule has 45 heavy (non-hydrogen) atoms. The number of esters is 2. The second kappa shape index (κ2) is 9.97. The third kappa shape index (κ3) is 4.21. The summed E-state index contributed by atoms with van der Waals surface area (Å²) >= 11 is 0. The summed E-state index contributed by atoms with van der Waals surface area (Å²) < 4.78 is 25.5. The molecule has 1 saturated heterocycles. The number of allylic oxidation sites excluding steroid dienone is 1. The highest BCUT2D eigenvalue weighted by Gasteiger charge is 2.83. The van der Waals surface area contributed by atoms with Crippen LogP contribution in [0.25, 0.3) is 0 Å². The Labute approximate surface area is 269 Å². The first-order valence-electron chi connectivity index (χ1n) is 16.7. The highest BCUT2D eigenvalue weighted by atomic mass is 28.4. The van der Waals surface area contributed by atoms with Crippen LogP contribution in [0.3, 0.4) is 0 Å². The molecule has 4 aliphatic carbocycles. The summed E-state index contributed by atoms with van der Waals surface area (Å²) in [6.45, 7) is 22.3. The zero-order valence-corrected chi connectivity index (χ0v) is 29.9. The van der Waals surface area contributed by atoms with Crippen molar-refractivity contribution >= 4 is 26.0 Å². The van der Waals surface area contributed by atoms with E-state index in [2.05, 4.69) is 40.8 Å². The summed E-state index contributed by atoms with van der Waals surface area (Å²) in [7, 11) is -2.21. The Balaban J connectivity index is 1.39. The second-order valence-electron chi connectivity index (χ2n) is 16.8. The van der Waals surface area contributed by atoms with Crippen molar-refractivity contribution in [3.05, 3.63) is 34.9 Å². The van der Waals surface area contributed by atoms with E-state index in [1.165, 1.54) is 6.92 Å². The molecular weight excluding hydrogens is 588 g/mol. The van der Waals surface area contributed by atoms with Crippen molar-refractivity contribution in [3.8, 4) is 0 Å². The van der Waals surface area contributed by atoms with Gasteiger partial charge in [0.2, 0.25) is 0 Å². The van der Waals surface area contributed by atoms with Crippen molar-refractivity contribution in [1.82, 2.24) is 0 Å². The maximum Gasteiger partial charge on any atom is 0.333 e. The number of fused-ring (bicyclic) bond motifs is 4. The molecule has 0 aromatic heterocycles. The fourth-order valence-electron chi connectivity index (χ4n) is 9.74. The van der Waals surface area contributed by atoms with Crippen LogP contribution in [0.15, 0.2) is 34.9 Å². The molecule has 3 fully saturated rings. The van der Waals surface area contributed by atoms with Crippen molar-refractivity contribution in [2.75, 3.05) is 0 Å². The summed E-state index contributed by atoms with van der Waals surface area (Å²) in [5.41, 5.74) is -1.33. The van der Waals surface area contributed by atoms with E-state index in [0.717, 1.165) is 11.1 Å². The number of cyclic esters (lactones) is 1. The van der Waals surface area contributed by atoms with Crippen molar-refractivity contribution in [2.24, 2.45) is 28.6 Å². The molecule has 0 amide bonds. The van der Waals surface area contributed by atoms with E-state index in [-0.39, 0.29) is 52.9 Å². The minimum Gasteiger partial charge on any atom is -0.458 e. The molecule has 6 aliphatic rings. The molecule has 0 aromatic rings. The quantitative estimate of drug-likeness (QED) is 0.169. The zero-order valence-electron chi connectivity index (χ0n) is 28.9. The van der Waals surface area contributed by atoms with Crippen LogP contribution in [0, 0.1) is 28.6 Å². The van der Waals surface area contributed by atoms with Crippen LogP contribution in [0.1, 0.15) is 88.0 Å². The standard InChI is InChI=1S/C36H52O8Si/c1-19-16-26(42-31(39)20(19)2)21(3)24-17-29(41-22(4)37)35(40)25-18-30-36(43-30)28(44-45(10,11)32(5,6)7)13-12-27(38)34(36,9)23(25)14-15-33(24,35)8/h12-13,17,21,23,25-26,28-30,40H,14-16,18H2,1-11H3/t21-,23-,25+,26+,28-,29-,30+,33+,34-,35-,36+/m0/s1. The van der Waals surface area contributed by atoms with Gasteiger partial charge in [-0.25, -0.2) is 4.79 Å². The van der Waals surface area contributed by atoms with Crippen molar-refractivity contribution < 1.29 is 38.1 Å². The smallest absolute Gasteiger partial charge is 0.333 e. The van der Waals surface area contributed by atoms with E-state index in [0.29, 0.717) is 31.3 Å². The average Bonchev–Trinajstić information content (AvgIpc) is 3.62. The number of ether oxygens (including phenoxy) is 3. The summed E-state index contributed by atoms with van der Waals surface area (Å²) in [5, 5.41) is 13.2. The van der Waals surface area contributed by atoms with Gasteiger partial charge in [0, 0.05) is 30.3 Å². The number of rotatable bonds is 5. The topological polar surface area (TPSA) is 112 Å². The third-order valence-corrected chi connectivity index (χ3v) is 18.2. The van der Waals surface area contributed by atoms with E-state index in [9.17, 15) is 19.5 Å². The normalized spacial score (nSPS) is 44.7. The maximum absolute atomic E-state index is 14.1. The van der Waals surface area contributed by atoms with Gasteiger partial charge in [-0.05, 0) is 82.2 Å². The molecule has 6 rings (SSSR count). The van der Waals surface area contributed by atoms with Gasteiger partial charge in [-0.3, -0.25) is 9.59 Å². The van der Waals surface area contributed by atoms with Crippen LogP contribution in [0.4, 0.5) is 0 Å². The fraction of sp³-hybridized carbons (Fsp3) is 0.750. The Hall–Kier alpha value is -2.07. The van der Waals surface area contributed by atoms with Gasteiger partial charge < -0.3 is 23.7 Å². The van der Waals surface area contributed by atoms with Gasteiger partial charge in [-0.15, -0.1) is 0 Å². The molecule has 2 saturated carbocycles. The van der Waals surface area contributed by atoms with Gasteiger partial charge in [0.15, 0.2) is 14.1 Å². The number of epoxide rings is 1. The van der Waals surface area contributed by atoms with Gasteiger partial charge in [-0.1, -0.05) is 51.8 Å². The van der Waals surface area contributed by atoms with Crippen molar-refractivity contribution in [3.63, 3.8) is 0 Å². The number of hydrogen-bond acceptors (Lipinski definition) is 8. The van der Waals surface area contributed by atoms with E-state index in [4.69, 9.17) is 18.6 Å². The molecule has 0 bridgehead atoms. The van der Waals surface area contributed by atoms with Crippen LogP contribution in [-0.2, 0) is 33.0 Å². The number of ketones is 1. The lowest BCUT2D eigenvalue weighted by Crippen LogP contribution is -2.71. The molecule has 0 aromatic carbocycles. The Morgan fingerprint density at radius 1 is 1.13 bits per heavy atom. The summed E-state index contributed by atoms with van der Waals surface area (Å²) in [4.78, 5) is 39.3. The summed E-state index contributed by atoms with van der Waals surface area (Å²) in [6, 6.07) is 0. The Morgan fingerprint density at radius 2 is 1.80 bits per heavy atom. The maximum atomic E-state index is 14.1. The van der Waals surface area contributed by atoms with E-state index >= 15 is 0 Å². The number of aliphatic hydroxyl groups is 1. The molecule has 1 spiro atoms. The average molecular weight is 641 g/mol. The van der Waals surface area contributed by atoms with Gasteiger partial charge in [0.1, 0.15) is 23.4 Å². The van der Waals surface area contributed by atoms with Crippen LogP contribution >= 0.6 is 0 Å². The number of carbonyl (C=O) groups excluding carboxylic acids is 3. The third-order valence-electron chi connectivity index (χ3n) is 13.7. The first kappa shape index (κ1) is 32.9. The van der Waals surface area contributed by atoms with Gasteiger partial charge in [-0.2, -0.15) is 0 Å². The number of carbonyl (C=O) groups is 3. The van der Waals surface area contributed by atoms with E-state index in [1.807, 2.05) is 32.9 Å². The van der Waals surface area contributed by atoms with Crippen molar-refractivity contribution in [1.29, 1.82) is 0 Å². The summed E-state index contributed by atoms with van der Waals surface area (Å²) in [6.07, 6.45) is 6.06. The highest BCUT2D eigenvalue weighted by molar-refractivity contribution is 6.74. The fourth-order valence-corrected chi connectivity index (χ4v) is 11.0. The lowest BCUT2D eigenvalue weighted by molar-refractivity contribution is -0.224. The second-order valence-corrected chi connectivity index (χ2v) is 21.5. The molecular formula is C36H52O8Si. The Morgan fingerprint density at radius 3 is 2.40 bits per heavy atom. The Kier molecular flexibility index (Phi) is 7.28. The lowest BCUT2D eigenvalue weighted by atomic mass is 9.42. The minimum absolute atomic E-state index is 0.0114. The SMILES string of the molecule is CC(=O)O[C@H]1C=C([C@H](C)[C@H]2CC(C)=C(C)C(=O)O2)[C@@]2(C)CC[C@H]3[C@@H](C[C@H]4O[C@]45[C@@H](O[Si](C)(C)C(C)(C)C)C=CC(=O)[C@]35C)[C@]12O. The number of hydrogen-bond donors (Lipinski definition) is 1. The predicted octanol–water partition coefficient (Wildman–Crippen LogP) is 5.99. The first-order valence-corrected chi connectivity index (χ1v) is 19.6. The predicted molar refractivity (Wildman–Crippen MR) is 171 cm³/mol. The van der Waals surface area contributed by atoms with Crippen LogP contribution in [-0.4, -0.2) is 66.8 Å². The van der Waals surface area contributed by atoms with Crippen LogP contribution < -0.4 is 0 Å². The largest absolute Gasteiger partial charge is 0.458 e. The zero-order chi connectivity index (χ0) is 33.3.